The first kappa shape index (κ1) is 18.2. The van der Waals surface area contributed by atoms with E-state index < -0.39 is 5.91 Å². The van der Waals surface area contributed by atoms with Crippen molar-refractivity contribution >= 4 is 12.0 Å². The molecule has 3 rings (SSSR count). The summed E-state index contributed by atoms with van der Waals surface area (Å²) < 4.78 is 19.0. The number of nitrogens with one attached hydrogen (secondary N) is 1. The first-order valence-corrected chi connectivity index (χ1v) is 8.40. The molecular weight excluding hydrogens is 343 g/mol. The SMILES string of the molecule is C[C@H](NC(=O)/C(C#N)=C\c1ccc(-c2cccc(F)c2)o1)c1ccccc1. The molecule has 0 bridgehead atoms. The lowest BCUT2D eigenvalue weighted by Crippen LogP contribution is -2.27. The van der Waals surface area contributed by atoms with Crippen LogP contribution >= 0.6 is 0 Å². The maximum absolute atomic E-state index is 13.3. The van der Waals surface area contributed by atoms with Gasteiger partial charge in [-0.1, -0.05) is 42.5 Å². The molecule has 27 heavy (non-hydrogen) atoms. The molecule has 2 aromatic carbocycles. The van der Waals surface area contributed by atoms with Crippen LogP contribution in [0.5, 0.6) is 0 Å². The zero-order valence-corrected chi connectivity index (χ0v) is 14.6. The van der Waals surface area contributed by atoms with Gasteiger partial charge in [-0.15, -0.1) is 0 Å². The fourth-order valence-electron chi connectivity index (χ4n) is 2.62. The van der Waals surface area contributed by atoms with Crippen molar-refractivity contribution in [2.24, 2.45) is 0 Å². The highest BCUT2D eigenvalue weighted by molar-refractivity contribution is 6.01. The molecule has 1 heterocycles. The van der Waals surface area contributed by atoms with Gasteiger partial charge in [0, 0.05) is 11.6 Å². The molecule has 4 nitrogen and oxygen atoms in total. The van der Waals surface area contributed by atoms with E-state index in [0.717, 1.165) is 5.56 Å². The van der Waals surface area contributed by atoms with Crippen molar-refractivity contribution in [2.75, 3.05) is 0 Å². The monoisotopic (exact) mass is 360 g/mol. The van der Waals surface area contributed by atoms with Crippen molar-refractivity contribution in [3.63, 3.8) is 0 Å². The van der Waals surface area contributed by atoms with Crippen LogP contribution < -0.4 is 5.32 Å². The summed E-state index contributed by atoms with van der Waals surface area (Å²) in [6.07, 6.45) is 1.37. The van der Waals surface area contributed by atoms with Gasteiger partial charge < -0.3 is 9.73 Å². The lowest BCUT2D eigenvalue weighted by molar-refractivity contribution is -0.117. The summed E-state index contributed by atoms with van der Waals surface area (Å²) in [4.78, 5) is 12.4. The van der Waals surface area contributed by atoms with E-state index in [1.165, 1.54) is 18.2 Å². The second kappa shape index (κ2) is 8.15. The van der Waals surface area contributed by atoms with Crippen molar-refractivity contribution in [3.05, 3.63) is 89.4 Å². The van der Waals surface area contributed by atoms with Crippen molar-refractivity contribution in [1.82, 2.24) is 5.32 Å². The number of hydrogen-bond acceptors (Lipinski definition) is 3. The number of furan rings is 1. The standard InChI is InChI=1S/C22H17FN2O2/c1-15(16-6-3-2-4-7-16)25-22(26)18(14-24)13-20-10-11-21(27-20)17-8-5-9-19(23)12-17/h2-13,15H,1H3,(H,25,26)/b18-13-/t15-/m0/s1. The summed E-state index contributed by atoms with van der Waals surface area (Å²) in [5, 5.41) is 12.1. The third-order valence-electron chi connectivity index (χ3n) is 4.03. The van der Waals surface area contributed by atoms with Gasteiger partial charge in [-0.25, -0.2) is 4.39 Å². The minimum atomic E-state index is -0.488. The number of amides is 1. The molecule has 134 valence electrons. The molecule has 1 atom stereocenters. The number of carbonyl (C=O) groups excluding carboxylic acids is 1. The second-order valence-electron chi connectivity index (χ2n) is 5.99. The van der Waals surface area contributed by atoms with Crippen LogP contribution in [0, 0.1) is 17.1 Å². The summed E-state index contributed by atoms with van der Waals surface area (Å²) in [5.41, 5.74) is 1.45. The fourth-order valence-corrected chi connectivity index (χ4v) is 2.62. The fraction of sp³-hybridized carbons (Fsp3) is 0.0909. The Kier molecular flexibility index (Phi) is 5.48. The Morgan fingerprint density at radius 3 is 2.63 bits per heavy atom. The molecular formula is C22H17FN2O2. The van der Waals surface area contributed by atoms with E-state index in [1.54, 1.807) is 24.3 Å². The van der Waals surface area contributed by atoms with E-state index in [9.17, 15) is 14.4 Å². The van der Waals surface area contributed by atoms with Crippen molar-refractivity contribution < 1.29 is 13.6 Å². The van der Waals surface area contributed by atoms with Crippen molar-refractivity contribution in [2.45, 2.75) is 13.0 Å². The average Bonchev–Trinajstić information content (AvgIpc) is 3.15. The number of nitrogens with zero attached hydrogens (tertiary/aromatic N) is 1. The molecule has 0 radical (unpaired) electrons. The van der Waals surface area contributed by atoms with Crippen LogP contribution in [-0.4, -0.2) is 5.91 Å². The lowest BCUT2D eigenvalue weighted by Gasteiger charge is -2.13. The molecule has 0 spiro atoms. The van der Waals surface area contributed by atoms with Gasteiger partial charge in [0.2, 0.25) is 0 Å². The van der Waals surface area contributed by atoms with Gasteiger partial charge in [0.05, 0.1) is 6.04 Å². The second-order valence-corrected chi connectivity index (χ2v) is 5.99. The van der Waals surface area contributed by atoms with Crippen molar-refractivity contribution in [1.29, 1.82) is 5.26 Å². The number of halogens is 1. The highest BCUT2D eigenvalue weighted by atomic mass is 19.1. The van der Waals surface area contributed by atoms with Crippen LogP contribution in [0.15, 0.2) is 76.7 Å². The molecule has 0 saturated carbocycles. The number of rotatable bonds is 5. The van der Waals surface area contributed by atoms with Gasteiger partial charge in [-0.05, 0) is 36.8 Å². The lowest BCUT2D eigenvalue weighted by atomic mass is 10.1. The molecule has 5 heteroatoms. The third-order valence-corrected chi connectivity index (χ3v) is 4.03. The molecule has 0 aliphatic carbocycles. The average molecular weight is 360 g/mol. The summed E-state index contributed by atoms with van der Waals surface area (Å²) in [5.74, 6) is -0.0602. The number of hydrogen-bond donors (Lipinski definition) is 1. The van der Waals surface area contributed by atoms with Crippen LogP contribution in [0.3, 0.4) is 0 Å². The highest BCUT2D eigenvalue weighted by Gasteiger charge is 2.14. The van der Waals surface area contributed by atoms with Crippen molar-refractivity contribution in [3.8, 4) is 17.4 Å². The Morgan fingerprint density at radius 2 is 1.93 bits per heavy atom. The van der Waals surface area contributed by atoms with E-state index in [0.29, 0.717) is 17.1 Å². The van der Waals surface area contributed by atoms with Gasteiger partial charge in [0.1, 0.15) is 29.0 Å². The molecule has 1 amide bonds. The smallest absolute Gasteiger partial charge is 0.262 e. The molecule has 1 N–H and O–H groups in total. The number of nitriles is 1. The Bertz CT molecular complexity index is 1020. The summed E-state index contributed by atoms with van der Waals surface area (Å²) in [6.45, 7) is 1.84. The largest absolute Gasteiger partial charge is 0.457 e. The summed E-state index contributed by atoms with van der Waals surface area (Å²) in [7, 11) is 0. The van der Waals surface area contributed by atoms with E-state index in [-0.39, 0.29) is 17.4 Å². The molecule has 0 aliphatic heterocycles. The van der Waals surface area contributed by atoms with Gasteiger partial charge in [-0.2, -0.15) is 5.26 Å². The molecule has 0 unspecified atom stereocenters. The topological polar surface area (TPSA) is 66.0 Å². The van der Waals surface area contributed by atoms with E-state index in [1.807, 2.05) is 43.3 Å². The van der Waals surface area contributed by atoms with Crippen LogP contribution in [0.2, 0.25) is 0 Å². The first-order chi connectivity index (χ1) is 13.1. The van der Waals surface area contributed by atoms with E-state index in [2.05, 4.69) is 5.32 Å². The Labute approximate surface area is 156 Å². The predicted molar refractivity (Wildman–Crippen MR) is 101 cm³/mol. The summed E-state index contributed by atoms with van der Waals surface area (Å²) >= 11 is 0. The molecule has 0 aliphatic rings. The third kappa shape index (κ3) is 4.50. The van der Waals surface area contributed by atoms with Crippen LogP contribution in [0.25, 0.3) is 17.4 Å². The maximum atomic E-state index is 13.3. The molecule has 0 saturated heterocycles. The van der Waals surface area contributed by atoms with Gasteiger partial charge in [0.15, 0.2) is 0 Å². The molecule has 0 fully saturated rings. The van der Waals surface area contributed by atoms with Gasteiger partial charge in [0.25, 0.3) is 5.91 Å². The van der Waals surface area contributed by atoms with Crippen LogP contribution in [-0.2, 0) is 4.79 Å². The summed E-state index contributed by atoms with van der Waals surface area (Å²) in [6, 6.07) is 20.4. The molecule has 3 aromatic rings. The maximum Gasteiger partial charge on any atom is 0.262 e. The Morgan fingerprint density at radius 1 is 1.15 bits per heavy atom. The predicted octanol–water partition coefficient (Wildman–Crippen LogP) is 4.87. The minimum absolute atomic E-state index is 0.0714. The van der Waals surface area contributed by atoms with Crippen LogP contribution in [0.1, 0.15) is 24.3 Å². The van der Waals surface area contributed by atoms with E-state index in [4.69, 9.17) is 4.42 Å². The zero-order chi connectivity index (χ0) is 19.2. The number of benzene rings is 2. The highest BCUT2D eigenvalue weighted by Crippen LogP contribution is 2.24. The Hall–Kier alpha value is -3.65. The first-order valence-electron chi connectivity index (χ1n) is 8.40. The normalized spacial score (nSPS) is 12.3. The minimum Gasteiger partial charge on any atom is -0.457 e. The number of carbonyl (C=O) groups is 1. The molecule has 1 aromatic heterocycles. The van der Waals surface area contributed by atoms with Crippen LogP contribution in [0.4, 0.5) is 4.39 Å². The van der Waals surface area contributed by atoms with Gasteiger partial charge >= 0.3 is 0 Å². The van der Waals surface area contributed by atoms with Gasteiger partial charge in [-0.3, -0.25) is 4.79 Å². The van der Waals surface area contributed by atoms with E-state index >= 15 is 0 Å². The Balaban J connectivity index is 1.76. The quantitative estimate of drug-likeness (QED) is 0.521. The zero-order valence-electron chi connectivity index (χ0n) is 14.6.